The van der Waals surface area contributed by atoms with E-state index in [1.807, 2.05) is 0 Å². The first-order valence-corrected chi connectivity index (χ1v) is 8.01. The second kappa shape index (κ2) is 4.24. The van der Waals surface area contributed by atoms with Crippen LogP contribution in [0.5, 0.6) is 0 Å². The fraction of sp³-hybridized carbons (Fsp3) is 1.00. The Labute approximate surface area is 85.9 Å². The van der Waals surface area contributed by atoms with E-state index in [2.05, 4.69) is 12.9 Å². The summed E-state index contributed by atoms with van der Waals surface area (Å²) in [5.74, 6) is 0. The van der Waals surface area contributed by atoms with Crippen LogP contribution in [0.1, 0.15) is 19.3 Å². The third-order valence-corrected chi connectivity index (χ3v) is 5.27. The van der Waals surface area contributed by atoms with Gasteiger partial charge in [0.05, 0.1) is 0 Å². The van der Waals surface area contributed by atoms with E-state index in [1.165, 1.54) is 45.4 Å². The number of rotatable bonds is 1. The molecule has 0 aromatic rings. The molecule has 0 aromatic heterocycles. The first kappa shape index (κ1) is 9.21. The third kappa shape index (κ3) is 1.93. The number of hydrogen-bond acceptors (Lipinski definition) is 2. The second-order valence-electron chi connectivity index (χ2n) is 3.72. The van der Waals surface area contributed by atoms with Gasteiger partial charge in [0.2, 0.25) is 0 Å². The SMILES string of the molecule is C[I-]N1CCN2CCCCC2C1. The Bertz CT molecular complexity index is 151. The molecule has 2 nitrogen and oxygen atoms in total. The van der Waals surface area contributed by atoms with Crippen LogP contribution in [0.15, 0.2) is 0 Å². The van der Waals surface area contributed by atoms with Gasteiger partial charge in [0, 0.05) is 0 Å². The number of fused-ring (bicyclic) bond motifs is 1. The molecule has 0 N–H and O–H groups in total. The summed E-state index contributed by atoms with van der Waals surface area (Å²) >= 11 is 0.359. The van der Waals surface area contributed by atoms with Crippen molar-refractivity contribution in [2.75, 3.05) is 31.1 Å². The Balaban J connectivity index is 1.90. The molecule has 0 aliphatic carbocycles. The molecule has 2 fully saturated rings. The summed E-state index contributed by atoms with van der Waals surface area (Å²) in [6.07, 6.45) is 4.37. The first-order valence-electron chi connectivity index (χ1n) is 4.89. The van der Waals surface area contributed by atoms with E-state index in [-0.39, 0.29) is 0 Å². The van der Waals surface area contributed by atoms with Gasteiger partial charge in [-0.2, -0.15) is 0 Å². The summed E-state index contributed by atoms with van der Waals surface area (Å²) in [5.41, 5.74) is 0. The molecule has 2 aliphatic heterocycles. The quantitative estimate of drug-likeness (QED) is 0.305. The molecule has 0 radical (unpaired) electrons. The van der Waals surface area contributed by atoms with Gasteiger partial charge in [-0.1, -0.05) is 0 Å². The van der Waals surface area contributed by atoms with Crippen molar-refractivity contribution in [3.8, 4) is 0 Å². The van der Waals surface area contributed by atoms with Gasteiger partial charge in [-0.3, -0.25) is 0 Å². The van der Waals surface area contributed by atoms with Crippen LogP contribution >= 0.6 is 0 Å². The minimum atomic E-state index is 0.359. The van der Waals surface area contributed by atoms with Crippen LogP contribution in [0, 0.1) is 0 Å². The van der Waals surface area contributed by atoms with Crippen LogP contribution in [0.4, 0.5) is 0 Å². The number of hydrogen-bond donors (Lipinski definition) is 0. The molecular weight excluding hydrogens is 263 g/mol. The van der Waals surface area contributed by atoms with Crippen LogP contribution in [0.2, 0.25) is 0 Å². The van der Waals surface area contributed by atoms with Crippen LogP contribution < -0.4 is 21.5 Å². The molecule has 12 heavy (non-hydrogen) atoms. The van der Waals surface area contributed by atoms with E-state index in [0.29, 0.717) is 21.5 Å². The first-order chi connectivity index (χ1) is 5.90. The number of piperidine rings is 1. The topological polar surface area (TPSA) is 6.48 Å². The molecule has 2 heterocycles. The van der Waals surface area contributed by atoms with Crippen LogP contribution in [0.3, 0.4) is 0 Å². The summed E-state index contributed by atoms with van der Waals surface area (Å²) in [7, 11) is 0. The fourth-order valence-electron chi connectivity index (χ4n) is 2.27. The Morgan fingerprint density at radius 2 is 2.08 bits per heavy atom. The maximum absolute atomic E-state index is 2.71. The van der Waals surface area contributed by atoms with Crippen LogP contribution in [-0.4, -0.2) is 45.2 Å². The van der Waals surface area contributed by atoms with E-state index in [0.717, 1.165) is 6.04 Å². The third-order valence-electron chi connectivity index (χ3n) is 3.03. The predicted octanol–water partition coefficient (Wildman–Crippen LogP) is -2.21. The van der Waals surface area contributed by atoms with Gasteiger partial charge in [0.1, 0.15) is 0 Å². The van der Waals surface area contributed by atoms with Crippen molar-refractivity contribution in [2.45, 2.75) is 25.3 Å². The Kier molecular flexibility index (Phi) is 3.26. The van der Waals surface area contributed by atoms with Crippen molar-refractivity contribution < 1.29 is 21.5 Å². The second-order valence-corrected chi connectivity index (χ2v) is 6.05. The zero-order chi connectivity index (χ0) is 8.39. The molecular formula is C9H18IN2-. The Morgan fingerprint density at radius 3 is 2.92 bits per heavy atom. The number of halogens is 1. The molecule has 2 rings (SSSR count). The zero-order valence-electron chi connectivity index (χ0n) is 7.80. The summed E-state index contributed by atoms with van der Waals surface area (Å²) in [5, 5.41) is 0. The van der Waals surface area contributed by atoms with Gasteiger partial charge >= 0.3 is 85.9 Å². The zero-order valence-corrected chi connectivity index (χ0v) is 9.96. The Morgan fingerprint density at radius 1 is 1.17 bits per heavy atom. The van der Waals surface area contributed by atoms with E-state index >= 15 is 0 Å². The van der Waals surface area contributed by atoms with Gasteiger partial charge in [-0.25, -0.2) is 0 Å². The molecule has 0 bridgehead atoms. The monoisotopic (exact) mass is 281 g/mol. The van der Waals surface area contributed by atoms with Gasteiger partial charge < -0.3 is 0 Å². The maximum atomic E-state index is 2.71. The van der Waals surface area contributed by atoms with E-state index in [4.69, 9.17) is 0 Å². The van der Waals surface area contributed by atoms with Gasteiger partial charge in [0.25, 0.3) is 0 Å². The van der Waals surface area contributed by atoms with Crippen molar-refractivity contribution in [1.82, 2.24) is 8.01 Å². The van der Waals surface area contributed by atoms with E-state index in [1.54, 1.807) is 0 Å². The van der Waals surface area contributed by atoms with Crippen molar-refractivity contribution in [1.29, 1.82) is 0 Å². The molecule has 2 aliphatic rings. The average Bonchev–Trinajstić information content (AvgIpc) is 2.17. The van der Waals surface area contributed by atoms with E-state index < -0.39 is 0 Å². The predicted molar refractivity (Wildman–Crippen MR) is 46.7 cm³/mol. The van der Waals surface area contributed by atoms with Crippen molar-refractivity contribution in [2.24, 2.45) is 0 Å². The van der Waals surface area contributed by atoms with Crippen molar-refractivity contribution >= 4 is 0 Å². The molecule has 72 valence electrons. The molecule has 0 amide bonds. The van der Waals surface area contributed by atoms with Gasteiger partial charge in [-0.05, 0) is 0 Å². The molecule has 2 saturated heterocycles. The van der Waals surface area contributed by atoms with E-state index in [9.17, 15) is 0 Å². The number of nitrogens with zero attached hydrogens (tertiary/aromatic N) is 2. The minimum absolute atomic E-state index is 0.359. The molecule has 3 heteroatoms. The standard InChI is InChI=1S/C9H18IN2/c1-10-12-7-6-11-5-3-2-4-9(11)8-12/h9H,2-8H2,1H3/q-1. The summed E-state index contributed by atoms with van der Waals surface area (Å²) in [6.45, 7) is 5.45. The number of piperazine rings is 1. The normalized spacial score (nSPS) is 33.6. The fourth-order valence-corrected chi connectivity index (χ4v) is 3.82. The Hall–Kier alpha value is 0.650. The molecule has 0 aromatic carbocycles. The molecule has 0 spiro atoms. The van der Waals surface area contributed by atoms with Crippen LogP contribution in [-0.2, 0) is 0 Å². The molecule has 1 unspecified atom stereocenters. The van der Waals surface area contributed by atoms with Gasteiger partial charge in [-0.15, -0.1) is 0 Å². The number of alkyl halides is 1. The summed E-state index contributed by atoms with van der Waals surface area (Å²) in [4.78, 5) is 5.09. The van der Waals surface area contributed by atoms with Gasteiger partial charge in [0.15, 0.2) is 0 Å². The summed E-state index contributed by atoms with van der Waals surface area (Å²) < 4.78 is 2.70. The van der Waals surface area contributed by atoms with Crippen molar-refractivity contribution in [3.63, 3.8) is 0 Å². The summed E-state index contributed by atoms with van der Waals surface area (Å²) in [6, 6.07) is 0.923. The average molecular weight is 281 g/mol. The molecule has 1 atom stereocenters. The van der Waals surface area contributed by atoms with Crippen molar-refractivity contribution in [3.05, 3.63) is 0 Å². The van der Waals surface area contributed by atoms with Crippen LogP contribution in [0.25, 0.3) is 0 Å². The molecule has 0 saturated carbocycles.